The lowest BCUT2D eigenvalue weighted by Crippen LogP contribution is -2.28. The van der Waals surface area contributed by atoms with Crippen LogP contribution < -0.4 is 10.6 Å². The number of amides is 1. The Morgan fingerprint density at radius 2 is 2.12 bits per heavy atom. The first kappa shape index (κ1) is 10.5. The van der Waals surface area contributed by atoms with Crippen molar-refractivity contribution in [3.05, 3.63) is 53.8 Å². The SMILES string of the molecule is Cc1ccccc1N1C=CC=C(C(N)=O)C1. The number of benzene rings is 1. The van der Waals surface area contributed by atoms with Gasteiger partial charge in [0, 0.05) is 17.5 Å². The van der Waals surface area contributed by atoms with Gasteiger partial charge < -0.3 is 10.6 Å². The molecular formula is C13H14N2O. The molecule has 2 rings (SSSR count). The summed E-state index contributed by atoms with van der Waals surface area (Å²) in [4.78, 5) is 13.1. The van der Waals surface area contributed by atoms with Crippen LogP contribution in [0.15, 0.2) is 48.2 Å². The molecule has 0 spiro atoms. The Morgan fingerprint density at radius 1 is 1.38 bits per heavy atom. The molecule has 0 saturated carbocycles. The molecule has 0 unspecified atom stereocenters. The Labute approximate surface area is 94.9 Å². The highest BCUT2D eigenvalue weighted by atomic mass is 16.1. The average Bonchev–Trinajstić information content (AvgIpc) is 2.30. The third-order valence-electron chi connectivity index (χ3n) is 2.65. The molecule has 1 aliphatic rings. The molecule has 1 aromatic rings. The second kappa shape index (κ2) is 4.23. The zero-order valence-electron chi connectivity index (χ0n) is 9.18. The predicted octanol–water partition coefficient (Wildman–Crippen LogP) is 1.74. The Balaban J connectivity index is 2.27. The van der Waals surface area contributed by atoms with Gasteiger partial charge in [0.25, 0.3) is 0 Å². The summed E-state index contributed by atoms with van der Waals surface area (Å²) < 4.78 is 0. The zero-order chi connectivity index (χ0) is 11.5. The molecule has 0 fully saturated rings. The van der Waals surface area contributed by atoms with Crippen LogP contribution in [0.2, 0.25) is 0 Å². The van der Waals surface area contributed by atoms with Crippen molar-refractivity contribution in [1.82, 2.24) is 0 Å². The highest BCUT2D eigenvalue weighted by Crippen LogP contribution is 2.22. The molecule has 0 radical (unpaired) electrons. The molecule has 1 heterocycles. The van der Waals surface area contributed by atoms with Crippen molar-refractivity contribution in [2.75, 3.05) is 11.4 Å². The summed E-state index contributed by atoms with van der Waals surface area (Å²) in [6.45, 7) is 2.59. The van der Waals surface area contributed by atoms with Gasteiger partial charge >= 0.3 is 0 Å². The Bertz CT molecular complexity index is 475. The maximum atomic E-state index is 11.1. The molecule has 1 aromatic carbocycles. The third-order valence-corrected chi connectivity index (χ3v) is 2.65. The van der Waals surface area contributed by atoms with E-state index in [0.29, 0.717) is 12.1 Å². The van der Waals surface area contributed by atoms with Crippen LogP contribution in [0, 0.1) is 6.92 Å². The summed E-state index contributed by atoms with van der Waals surface area (Å²) in [6, 6.07) is 8.06. The number of carbonyl (C=O) groups excluding carboxylic acids is 1. The maximum absolute atomic E-state index is 11.1. The van der Waals surface area contributed by atoms with Gasteiger partial charge in [0.05, 0.1) is 6.54 Å². The van der Waals surface area contributed by atoms with Crippen LogP contribution in [0.5, 0.6) is 0 Å². The summed E-state index contributed by atoms with van der Waals surface area (Å²) >= 11 is 0. The van der Waals surface area contributed by atoms with E-state index in [4.69, 9.17) is 5.73 Å². The monoisotopic (exact) mass is 214 g/mol. The number of rotatable bonds is 2. The van der Waals surface area contributed by atoms with E-state index in [1.165, 1.54) is 5.56 Å². The summed E-state index contributed by atoms with van der Waals surface area (Å²) in [6.07, 6.45) is 5.56. The summed E-state index contributed by atoms with van der Waals surface area (Å²) in [7, 11) is 0. The first-order chi connectivity index (χ1) is 7.68. The van der Waals surface area contributed by atoms with E-state index in [9.17, 15) is 4.79 Å². The summed E-state index contributed by atoms with van der Waals surface area (Å²) in [5, 5.41) is 0. The highest BCUT2D eigenvalue weighted by molar-refractivity contribution is 5.93. The molecule has 0 aromatic heterocycles. The molecule has 0 atom stereocenters. The minimum absolute atomic E-state index is 0.358. The average molecular weight is 214 g/mol. The van der Waals surface area contributed by atoms with Crippen LogP contribution in [-0.2, 0) is 4.79 Å². The van der Waals surface area contributed by atoms with Gasteiger partial charge in [0.2, 0.25) is 5.91 Å². The van der Waals surface area contributed by atoms with E-state index in [-0.39, 0.29) is 5.91 Å². The smallest absolute Gasteiger partial charge is 0.246 e. The number of allylic oxidation sites excluding steroid dienone is 2. The molecule has 3 heteroatoms. The van der Waals surface area contributed by atoms with Gasteiger partial charge in [-0.15, -0.1) is 0 Å². The molecule has 2 N–H and O–H groups in total. The van der Waals surface area contributed by atoms with Crippen LogP contribution >= 0.6 is 0 Å². The number of carbonyl (C=O) groups is 1. The van der Waals surface area contributed by atoms with Gasteiger partial charge in [-0.25, -0.2) is 0 Å². The van der Waals surface area contributed by atoms with Crippen LogP contribution in [0.3, 0.4) is 0 Å². The molecule has 1 aliphatic heterocycles. The van der Waals surface area contributed by atoms with Gasteiger partial charge in [-0.3, -0.25) is 4.79 Å². The number of aryl methyl sites for hydroxylation is 1. The molecule has 0 aliphatic carbocycles. The molecule has 82 valence electrons. The zero-order valence-corrected chi connectivity index (χ0v) is 9.18. The largest absolute Gasteiger partial charge is 0.366 e. The Kier molecular flexibility index (Phi) is 2.77. The van der Waals surface area contributed by atoms with Crippen molar-refractivity contribution in [2.24, 2.45) is 5.73 Å². The van der Waals surface area contributed by atoms with E-state index < -0.39 is 0 Å². The molecule has 16 heavy (non-hydrogen) atoms. The first-order valence-corrected chi connectivity index (χ1v) is 5.18. The molecule has 0 saturated heterocycles. The van der Waals surface area contributed by atoms with Crippen molar-refractivity contribution in [3.8, 4) is 0 Å². The fourth-order valence-corrected chi connectivity index (χ4v) is 1.76. The lowest BCUT2D eigenvalue weighted by Gasteiger charge is -2.25. The van der Waals surface area contributed by atoms with Crippen molar-refractivity contribution in [2.45, 2.75) is 6.92 Å². The minimum atomic E-state index is -0.358. The maximum Gasteiger partial charge on any atom is 0.246 e. The topological polar surface area (TPSA) is 46.3 Å². The standard InChI is InChI=1S/C13H14N2O/c1-10-5-2-3-7-12(10)15-8-4-6-11(9-15)13(14)16/h2-8H,9H2,1H3,(H2,14,16). The number of para-hydroxylation sites is 1. The van der Waals surface area contributed by atoms with Crippen LogP contribution in [0.4, 0.5) is 5.69 Å². The van der Waals surface area contributed by atoms with Crippen molar-refractivity contribution < 1.29 is 4.79 Å². The van der Waals surface area contributed by atoms with Crippen molar-refractivity contribution in [1.29, 1.82) is 0 Å². The fourth-order valence-electron chi connectivity index (χ4n) is 1.76. The van der Waals surface area contributed by atoms with Crippen molar-refractivity contribution in [3.63, 3.8) is 0 Å². The number of primary amides is 1. The number of anilines is 1. The molecule has 0 bridgehead atoms. The van der Waals surface area contributed by atoms with Gasteiger partial charge in [-0.2, -0.15) is 0 Å². The number of nitrogens with zero attached hydrogens (tertiary/aromatic N) is 1. The normalized spacial score (nSPS) is 14.8. The van der Waals surface area contributed by atoms with E-state index in [0.717, 1.165) is 5.69 Å². The highest BCUT2D eigenvalue weighted by Gasteiger charge is 2.14. The van der Waals surface area contributed by atoms with Crippen LogP contribution in [0.1, 0.15) is 5.56 Å². The molecule has 1 amide bonds. The van der Waals surface area contributed by atoms with E-state index in [2.05, 4.69) is 0 Å². The van der Waals surface area contributed by atoms with E-state index in [1.807, 2.05) is 48.4 Å². The van der Waals surface area contributed by atoms with Gasteiger partial charge in [-0.1, -0.05) is 24.3 Å². The Morgan fingerprint density at radius 3 is 2.81 bits per heavy atom. The van der Waals surface area contributed by atoms with Gasteiger partial charge in [-0.05, 0) is 24.6 Å². The van der Waals surface area contributed by atoms with Crippen molar-refractivity contribution >= 4 is 11.6 Å². The lowest BCUT2D eigenvalue weighted by molar-refractivity contribution is -0.114. The number of hydrogen-bond acceptors (Lipinski definition) is 2. The first-order valence-electron chi connectivity index (χ1n) is 5.18. The van der Waals surface area contributed by atoms with Crippen LogP contribution in [0.25, 0.3) is 0 Å². The summed E-state index contributed by atoms with van der Waals surface area (Å²) in [5.41, 5.74) is 8.19. The van der Waals surface area contributed by atoms with E-state index in [1.54, 1.807) is 6.08 Å². The quantitative estimate of drug-likeness (QED) is 0.815. The molecular weight excluding hydrogens is 200 g/mol. The minimum Gasteiger partial charge on any atom is -0.366 e. The molecule has 3 nitrogen and oxygen atoms in total. The summed E-state index contributed by atoms with van der Waals surface area (Å²) in [5.74, 6) is -0.358. The second-order valence-electron chi connectivity index (χ2n) is 3.81. The number of hydrogen-bond donors (Lipinski definition) is 1. The second-order valence-corrected chi connectivity index (χ2v) is 3.81. The van der Waals surface area contributed by atoms with Crippen LogP contribution in [-0.4, -0.2) is 12.5 Å². The van der Waals surface area contributed by atoms with E-state index >= 15 is 0 Å². The predicted molar refractivity (Wildman–Crippen MR) is 64.9 cm³/mol. The van der Waals surface area contributed by atoms with Gasteiger partial charge in [0.1, 0.15) is 0 Å². The number of nitrogens with two attached hydrogens (primary N) is 1. The third kappa shape index (κ3) is 1.98. The van der Waals surface area contributed by atoms with Gasteiger partial charge in [0.15, 0.2) is 0 Å². The Hall–Kier alpha value is -2.03. The fraction of sp³-hybridized carbons (Fsp3) is 0.154. The lowest BCUT2D eigenvalue weighted by atomic mass is 10.1.